The third-order valence-corrected chi connectivity index (χ3v) is 4.20. The molecule has 1 aromatic heterocycles. The smallest absolute Gasteiger partial charge is 0.227 e. The number of halogens is 1. The van der Waals surface area contributed by atoms with Crippen molar-refractivity contribution in [3.8, 4) is 5.75 Å². The van der Waals surface area contributed by atoms with E-state index in [1.165, 1.54) is 0 Å². The molecule has 23 heavy (non-hydrogen) atoms. The average Bonchev–Trinajstić information content (AvgIpc) is 2.58. The van der Waals surface area contributed by atoms with Gasteiger partial charge < -0.3 is 9.64 Å². The summed E-state index contributed by atoms with van der Waals surface area (Å²) in [6, 6.07) is 11.1. The first-order valence-electron chi connectivity index (χ1n) is 7.79. The van der Waals surface area contributed by atoms with Crippen LogP contribution in [0.2, 0.25) is 5.02 Å². The fourth-order valence-corrected chi connectivity index (χ4v) is 2.88. The second-order valence-electron chi connectivity index (χ2n) is 5.71. The van der Waals surface area contributed by atoms with E-state index in [-0.39, 0.29) is 12.0 Å². The second kappa shape index (κ2) is 7.47. The normalized spacial score (nSPS) is 17.8. The molecule has 2 heterocycles. The fraction of sp³-hybridized carbons (Fsp3) is 0.333. The van der Waals surface area contributed by atoms with Crippen LogP contribution in [-0.2, 0) is 11.2 Å². The van der Waals surface area contributed by atoms with Crippen molar-refractivity contribution in [3.63, 3.8) is 0 Å². The Labute approximate surface area is 141 Å². The van der Waals surface area contributed by atoms with Crippen molar-refractivity contribution in [1.82, 2.24) is 9.88 Å². The van der Waals surface area contributed by atoms with Crippen molar-refractivity contribution >= 4 is 17.5 Å². The van der Waals surface area contributed by atoms with E-state index in [2.05, 4.69) is 4.98 Å². The first-order valence-corrected chi connectivity index (χ1v) is 8.17. The Hall–Kier alpha value is -2.07. The maximum absolute atomic E-state index is 12.5. The van der Waals surface area contributed by atoms with E-state index in [1.54, 1.807) is 12.4 Å². The zero-order chi connectivity index (χ0) is 16.1. The van der Waals surface area contributed by atoms with Gasteiger partial charge in [-0.05, 0) is 42.7 Å². The number of carbonyl (C=O) groups excluding carboxylic acids is 1. The van der Waals surface area contributed by atoms with Gasteiger partial charge in [-0.2, -0.15) is 0 Å². The zero-order valence-electron chi connectivity index (χ0n) is 12.8. The Balaban J connectivity index is 1.57. The summed E-state index contributed by atoms with van der Waals surface area (Å²) in [6.45, 7) is 1.43. The molecule has 1 amide bonds. The highest BCUT2D eigenvalue weighted by Crippen LogP contribution is 2.19. The highest BCUT2D eigenvalue weighted by molar-refractivity contribution is 6.30. The quantitative estimate of drug-likeness (QED) is 0.863. The lowest BCUT2D eigenvalue weighted by Gasteiger charge is -2.33. The predicted octanol–water partition coefficient (Wildman–Crippen LogP) is 3.35. The lowest BCUT2D eigenvalue weighted by molar-refractivity contribution is -0.133. The van der Waals surface area contributed by atoms with Crippen LogP contribution < -0.4 is 4.74 Å². The molecule has 1 aliphatic rings. The highest BCUT2D eigenvalue weighted by Gasteiger charge is 2.24. The van der Waals surface area contributed by atoms with Gasteiger partial charge >= 0.3 is 0 Å². The average molecular weight is 331 g/mol. The van der Waals surface area contributed by atoms with Gasteiger partial charge in [-0.1, -0.05) is 23.7 Å². The van der Waals surface area contributed by atoms with Crippen molar-refractivity contribution in [2.45, 2.75) is 25.4 Å². The third kappa shape index (κ3) is 4.45. The van der Waals surface area contributed by atoms with Gasteiger partial charge in [0.2, 0.25) is 5.91 Å². The molecule has 0 bridgehead atoms. The number of likely N-dealkylation sites (tertiary alicyclic amines) is 1. The molecule has 3 rings (SSSR count). The Morgan fingerprint density at radius 1 is 1.22 bits per heavy atom. The fourth-order valence-electron chi connectivity index (χ4n) is 2.76. The molecule has 1 fully saturated rings. The third-order valence-electron chi connectivity index (χ3n) is 3.95. The number of hydrogen-bond donors (Lipinski definition) is 0. The van der Waals surface area contributed by atoms with Crippen LogP contribution in [0.5, 0.6) is 5.75 Å². The van der Waals surface area contributed by atoms with Gasteiger partial charge in [-0.25, -0.2) is 0 Å². The van der Waals surface area contributed by atoms with Crippen molar-refractivity contribution in [2.24, 2.45) is 0 Å². The first kappa shape index (κ1) is 15.8. The summed E-state index contributed by atoms with van der Waals surface area (Å²) in [7, 11) is 0. The SMILES string of the molecule is O=C(Cc1ccc(Cl)cc1)N1CCCC(Oc2ccncc2)C1. The molecule has 0 saturated carbocycles. The second-order valence-corrected chi connectivity index (χ2v) is 6.14. The Bertz CT molecular complexity index is 646. The van der Waals surface area contributed by atoms with Crippen LogP contribution in [0.15, 0.2) is 48.8 Å². The minimum absolute atomic E-state index is 0.0420. The summed E-state index contributed by atoms with van der Waals surface area (Å²) in [4.78, 5) is 18.4. The monoisotopic (exact) mass is 330 g/mol. The summed E-state index contributed by atoms with van der Waals surface area (Å²) in [5, 5.41) is 0.685. The number of piperidine rings is 1. The molecule has 0 radical (unpaired) electrons. The number of ether oxygens (including phenoxy) is 1. The zero-order valence-corrected chi connectivity index (χ0v) is 13.6. The minimum atomic E-state index is 0.0420. The molecular weight excluding hydrogens is 312 g/mol. The number of amides is 1. The number of nitrogens with zero attached hydrogens (tertiary/aromatic N) is 2. The predicted molar refractivity (Wildman–Crippen MR) is 89.6 cm³/mol. The lowest BCUT2D eigenvalue weighted by atomic mass is 10.1. The molecule has 0 aliphatic carbocycles. The van der Waals surface area contributed by atoms with Crippen molar-refractivity contribution < 1.29 is 9.53 Å². The summed E-state index contributed by atoms with van der Waals surface area (Å²) in [6.07, 6.45) is 5.79. The molecule has 4 nitrogen and oxygen atoms in total. The standard InChI is InChI=1S/C18H19ClN2O2/c19-15-5-3-14(4-6-15)12-18(22)21-11-1-2-17(13-21)23-16-7-9-20-10-8-16/h3-10,17H,1-2,11-13H2. The number of carbonyl (C=O) groups is 1. The van der Waals surface area contributed by atoms with Gasteiger partial charge in [0.15, 0.2) is 0 Å². The van der Waals surface area contributed by atoms with Crippen LogP contribution >= 0.6 is 11.6 Å². The van der Waals surface area contributed by atoms with E-state index in [9.17, 15) is 4.79 Å². The number of hydrogen-bond acceptors (Lipinski definition) is 3. The maximum Gasteiger partial charge on any atom is 0.227 e. The van der Waals surface area contributed by atoms with Crippen LogP contribution in [-0.4, -0.2) is 35.0 Å². The molecule has 2 aromatic rings. The summed E-state index contributed by atoms with van der Waals surface area (Å²) >= 11 is 5.88. The van der Waals surface area contributed by atoms with E-state index in [1.807, 2.05) is 41.3 Å². The van der Waals surface area contributed by atoms with Crippen molar-refractivity contribution in [2.75, 3.05) is 13.1 Å². The van der Waals surface area contributed by atoms with E-state index in [4.69, 9.17) is 16.3 Å². The molecule has 0 N–H and O–H groups in total. The first-order chi connectivity index (χ1) is 11.2. The number of aromatic nitrogens is 1. The molecule has 1 aromatic carbocycles. The van der Waals surface area contributed by atoms with Crippen LogP contribution in [0.1, 0.15) is 18.4 Å². The number of pyridine rings is 1. The summed E-state index contributed by atoms with van der Waals surface area (Å²) in [5.41, 5.74) is 0.983. The van der Waals surface area contributed by atoms with Gasteiger partial charge in [-0.15, -0.1) is 0 Å². The molecule has 5 heteroatoms. The maximum atomic E-state index is 12.5. The molecule has 0 spiro atoms. The van der Waals surface area contributed by atoms with Gasteiger partial charge in [0.1, 0.15) is 11.9 Å². The number of benzene rings is 1. The molecular formula is C18H19ClN2O2. The Kier molecular flexibility index (Phi) is 5.13. The largest absolute Gasteiger partial charge is 0.488 e. The van der Waals surface area contributed by atoms with Gasteiger partial charge in [0, 0.05) is 24.0 Å². The van der Waals surface area contributed by atoms with E-state index >= 15 is 0 Å². The summed E-state index contributed by atoms with van der Waals surface area (Å²) < 4.78 is 5.95. The van der Waals surface area contributed by atoms with Crippen LogP contribution in [0, 0.1) is 0 Å². The topological polar surface area (TPSA) is 42.4 Å². The molecule has 1 saturated heterocycles. The highest BCUT2D eigenvalue weighted by atomic mass is 35.5. The Morgan fingerprint density at radius 2 is 1.96 bits per heavy atom. The molecule has 1 unspecified atom stereocenters. The van der Waals surface area contributed by atoms with Crippen molar-refractivity contribution in [1.29, 1.82) is 0 Å². The molecule has 1 atom stereocenters. The van der Waals surface area contributed by atoms with E-state index in [0.29, 0.717) is 18.0 Å². The van der Waals surface area contributed by atoms with Crippen molar-refractivity contribution in [3.05, 3.63) is 59.4 Å². The van der Waals surface area contributed by atoms with Crippen LogP contribution in [0.25, 0.3) is 0 Å². The van der Waals surface area contributed by atoms with Crippen LogP contribution in [0.4, 0.5) is 0 Å². The molecule has 120 valence electrons. The van der Waals surface area contributed by atoms with E-state index < -0.39 is 0 Å². The Morgan fingerprint density at radius 3 is 2.70 bits per heavy atom. The van der Waals surface area contributed by atoms with Gasteiger partial charge in [-0.3, -0.25) is 9.78 Å². The molecule has 1 aliphatic heterocycles. The number of rotatable bonds is 4. The summed E-state index contributed by atoms with van der Waals surface area (Å²) in [5.74, 6) is 0.937. The lowest BCUT2D eigenvalue weighted by Crippen LogP contribution is -2.45. The van der Waals surface area contributed by atoms with Gasteiger partial charge in [0.25, 0.3) is 0 Å². The van der Waals surface area contributed by atoms with Crippen LogP contribution in [0.3, 0.4) is 0 Å². The van der Waals surface area contributed by atoms with Gasteiger partial charge in [0.05, 0.1) is 13.0 Å². The van der Waals surface area contributed by atoms with E-state index in [0.717, 1.165) is 30.7 Å². The minimum Gasteiger partial charge on any atom is -0.488 e.